The molecule has 1 nitrogen and oxygen atoms in total. The molecule has 0 amide bonds. The van der Waals surface area contributed by atoms with Crippen LogP contribution in [-0.2, 0) is 0 Å². The molecular formula is C6H5FIN. The summed E-state index contributed by atoms with van der Waals surface area (Å²) in [6, 6.07) is 1.42. The van der Waals surface area contributed by atoms with Crippen molar-refractivity contribution in [2.45, 2.75) is 6.92 Å². The first-order chi connectivity index (χ1) is 4.20. The van der Waals surface area contributed by atoms with E-state index in [1.807, 2.05) is 22.6 Å². The maximum absolute atomic E-state index is 12.5. The second-order valence-electron chi connectivity index (χ2n) is 1.74. The molecule has 48 valence electrons. The summed E-state index contributed by atoms with van der Waals surface area (Å²) < 4.78 is 13.1. The first kappa shape index (κ1) is 6.92. The monoisotopic (exact) mass is 237 g/mol. The first-order valence-corrected chi connectivity index (χ1v) is 3.55. The van der Waals surface area contributed by atoms with Gasteiger partial charge in [-0.2, -0.15) is 0 Å². The number of nitrogens with zero attached hydrogens (tertiary/aromatic N) is 1. The highest BCUT2D eigenvalue weighted by atomic mass is 127. The van der Waals surface area contributed by atoms with Gasteiger partial charge in [-0.25, -0.2) is 4.39 Å². The van der Waals surface area contributed by atoms with Crippen molar-refractivity contribution in [3.63, 3.8) is 0 Å². The fourth-order valence-electron chi connectivity index (χ4n) is 0.510. The highest BCUT2D eigenvalue weighted by molar-refractivity contribution is 14.1. The quantitative estimate of drug-likeness (QED) is 0.630. The molecular weight excluding hydrogens is 232 g/mol. The predicted octanol–water partition coefficient (Wildman–Crippen LogP) is 2.13. The number of pyridine rings is 1. The normalized spacial score (nSPS) is 9.67. The van der Waals surface area contributed by atoms with Crippen molar-refractivity contribution < 1.29 is 4.39 Å². The molecule has 0 aliphatic rings. The largest absolute Gasteiger partial charge is 0.260 e. The molecule has 0 fully saturated rings. The Morgan fingerprint density at radius 2 is 2.33 bits per heavy atom. The van der Waals surface area contributed by atoms with E-state index in [1.54, 1.807) is 6.92 Å². The van der Waals surface area contributed by atoms with Gasteiger partial charge in [-0.3, -0.25) is 4.98 Å². The van der Waals surface area contributed by atoms with E-state index in [9.17, 15) is 4.39 Å². The molecule has 1 aromatic rings. The summed E-state index contributed by atoms with van der Waals surface area (Å²) in [6.45, 7) is 1.76. The minimum atomic E-state index is -0.192. The predicted molar refractivity (Wildman–Crippen MR) is 41.6 cm³/mol. The van der Waals surface area contributed by atoms with Gasteiger partial charge in [0.2, 0.25) is 0 Å². The molecule has 0 spiro atoms. The molecule has 1 heterocycles. The van der Waals surface area contributed by atoms with E-state index in [1.165, 1.54) is 12.3 Å². The summed E-state index contributed by atoms with van der Waals surface area (Å²) in [5, 5.41) is 0. The highest BCUT2D eigenvalue weighted by Crippen LogP contribution is 2.08. The summed E-state index contributed by atoms with van der Waals surface area (Å²) in [7, 11) is 0. The topological polar surface area (TPSA) is 12.9 Å². The average Bonchev–Trinajstić information content (AvgIpc) is 1.80. The summed E-state index contributed by atoms with van der Waals surface area (Å²) in [5.74, 6) is -0.192. The zero-order valence-electron chi connectivity index (χ0n) is 4.86. The number of hydrogen-bond donors (Lipinski definition) is 0. The van der Waals surface area contributed by atoms with E-state index in [0.717, 1.165) is 0 Å². The van der Waals surface area contributed by atoms with Crippen LogP contribution in [0.1, 0.15) is 5.69 Å². The van der Waals surface area contributed by atoms with Gasteiger partial charge < -0.3 is 0 Å². The maximum atomic E-state index is 12.5. The zero-order valence-corrected chi connectivity index (χ0v) is 7.02. The molecule has 0 saturated heterocycles. The van der Waals surface area contributed by atoms with Crippen molar-refractivity contribution in [1.29, 1.82) is 0 Å². The Morgan fingerprint density at radius 3 is 2.78 bits per heavy atom. The van der Waals surface area contributed by atoms with Gasteiger partial charge in [0.25, 0.3) is 0 Å². The first-order valence-electron chi connectivity index (χ1n) is 2.48. The lowest BCUT2D eigenvalue weighted by Gasteiger charge is -1.92. The van der Waals surface area contributed by atoms with Crippen molar-refractivity contribution in [2.75, 3.05) is 0 Å². The van der Waals surface area contributed by atoms with Gasteiger partial charge in [0, 0.05) is 11.9 Å². The number of aryl methyl sites for hydroxylation is 1. The molecule has 0 N–H and O–H groups in total. The van der Waals surface area contributed by atoms with E-state index < -0.39 is 0 Å². The molecule has 0 radical (unpaired) electrons. The van der Waals surface area contributed by atoms with Gasteiger partial charge in [-0.15, -0.1) is 0 Å². The average molecular weight is 237 g/mol. The zero-order chi connectivity index (χ0) is 6.85. The molecule has 0 bridgehead atoms. The van der Waals surface area contributed by atoms with Gasteiger partial charge in [-0.1, -0.05) is 0 Å². The van der Waals surface area contributed by atoms with Crippen molar-refractivity contribution in [3.05, 3.63) is 27.3 Å². The Labute approximate surface area is 66.4 Å². The Morgan fingerprint density at radius 1 is 1.67 bits per heavy atom. The van der Waals surface area contributed by atoms with E-state index in [4.69, 9.17) is 0 Å². The summed E-state index contributed by atoms with van der Waals surface area (Å²) in [4.78, 5) is 3.89. The third-order valence-electron chi connectivity index (χ3n) is 0.945. The Hall–Kier alpha value is -0.190. The van der Waals surface area contributed by atoms with Crippen LogP contribution in [-0.4, -0.2) is 4.98 Å². The van der Waals surface area contributed by atoms with Crippen LogP contribution in [0, 0.1) is 16.3 Å². The van der Waals surface area contributed by atoms with Crippen LogP contribution in [0.25, 0.3) is 0 Å². The number of halogens is 2. The van der Waals surface area contributed by atoms with Crippen LogP contribution >= 0.6 is 22.6 Å². The van der Waals surface area contributed by atoms with Gasteiger partial charge in [-0.05, 0) is 35.6 Å². The maximum Gasteiger partial charge on any atom is 0.139 e. The van der Waals surface area contributed by atoms with Crippen molar-refractivity contribution >= 4 is 22.6 Å². The van der Waals surface area contributed by atoms with E-state index in [0.29, 0.717) is 9.26 Å². The summed E-state index contributed by atoms with van der Waals surface area (Å²) >= 11 is 1.90. The van der Waals surface area contributed by atoms with Gasteiger partial charge in [0.05, 0.1) is 3.57 Å². The molecule has 0 unspecified atom stereocenters. The molecule has 0 aliphatic heterocycles. The van der Waals surface area contributed by atoms with Crippen molar-refractivity contribution in [2.24, 2.45) is 0 Å². The van der Waals surface area contributed by atoms with Crippen molar-refractivity contribution in [3.8, 4) is 0 Å². The van der Waals surface area contributed by atoms with Gasteiger partial charge >= 0.3 is 0 Å². The van der Waals surface area contributed by atoms with Crippen LogP contribution < -0.4 is 0 Å². The second-order valence-corrected chi connectivity index (χ2v) is 2.90. The van der Waals surface area contributed by atoms with E-state index in [-0.39, 0.29) is 5.82 Å². The summed E-state index contributed by atoms with van der Waals surface area (Å²) in [5.41, 5.74) is 0.716. The SMILES string of the molecule is Cc1cc(F)c(I)cn1. The minimum Gasteiger partial charge on any atom is -0.260 e. The number of hydrogen-bond acceptors (Lipinski definition) is 1. The minimum absolute atomic E-state index is 0.192. The van der Waals surface area contributed by atoms with E-state index in [2.05, 4.69) is 4.98 Å². The Kier molecular flexibility index (Phi) is 2.00. The molecule has 0 aliphatic carbocycles. The molecule has 1 rings (SSSR count). The van der Waals surface area contributed by atoms with Crippen LogP contribution in [0.3, 0.4) is 0 Å². The van der Waals surface area contributed by atoms with Gasteiger partial charge in [0.15, 0.2) is 0 Å². The highest BCUT2D eigenvalue weighted by Gasteiger charge is 1.96. The molecule has 0 atom stereocenters. The lowest BCUT2D eigenvalue weighted by molar-refractivity contribution is 0.616. The van der Waals surface area contributed by atoms with Crippen LogP contribution in [0.15, 0.2) is 12.3 Å². The lowest BCUT2D eigenvalue weighted by Crippen LogP contribution is -1.86. The van der Waals surface area contributed by atoms with Crippen molar-refractivity contribution in [1.82, 2.24) is 4.98 Å². The molecule has 1 aromatic heterocycles. The lowest BCUT2D eigenvalue weighted by atomic mass is 10.4. The number of aromatic nitrogens is 1. The fourth-order valence-corrected chi connectivity index (χ4v) is 0.805. The van der Waals surface area contributed by atoms with Crippen LogP contribution in [0.5, 0.6) is 0 Å². The summed E-state index contributed by atoms with van der Waals surface area (Å²) in [6.07, 6.45) is 1.52. The van der Waals surface area contributed by atoms with Crippen LogP contribution in [0.4, 0.5) is 4.39 Å². The Bertz CT molecular complexity index is 224. The standard InChI is InChI=1S/C6H5FIN/c1-4-2-5(7)6(8)3-9-4/h2-3H,1H3. The third-order valence-corrected chi connectivity index (χ3v) is 1.74. The second kappa shape index (κ2) is 2.60. The van der Waals surface area contributed by atoms with Gasteiger partial charge in [0.1, 0.15) is 5.82 Å². The molecule has 0 saturated carbocycles. The smallest absolute Gasteiger partial charge is 0.139 e. The Balaban J connectivity index is 3.17. The third kappa shape index (κ3) is 1.61. The fraction of sp³-hybridized carbons (Fsp3) is 0.167. The van der Waals surface area contributed by atoms with Crippen LogP contribution in [0.2, 0.25) is 0 Å². The van der Waals surface area contributed by atoms with E-state index >= 15 is 0 Å². The molecule has 3 heteroatoms. The molecule has 0 aromatic carbocycles. The number of rotatable bonds is 0. The molecule has 9 heavy (non-hydrogen) atoms.